The number of para-hydroxylation sites is 1. The Hall–Kier alpha value is -2.34. The minimum Gasteiger partial charge on any atom is -0.451 e. The molecule has 3 aliphatic heterocycles. The maximum absolute atomic E-state index is 13.2. The lowest BCUT2D eigenvalue weighted by atomic mass is 9.95. The van der Waals surface area contributed by atoms with Crippen molar-refractivity contribution in [1.82, 2.24) is 14.7 Å². The van der Waals surface area contributed by atoms with Crippen LogP contribution in [-0.2, 0) is 4.79 Å². The second-order valence-electron chi connectivity index (χ2n) is 8.14. The van der Waals surface area contributed by atoms with Gasteiger partial charge >= 0.3 is 0 Å². The van der Waals surface area contributed by atoms with Gasteiger partial charge in [0.25, 0.3) is 5.91 Å². The maximum atomic E-state index is 13.2. The molecule has 5 rings (SSSR count). The normalized spacial score (nSPS) is 22.9. The first-order valence-corrected chi connectivity index (χ1v) is 9.65. The van der Waals surface area contributed by atoms with Gasteiger partial charge in [0, 0.05) is 45.2 Å². The number of hydrogen-bond donors (Lipinski definition) is 0. The van der Waals surface area contributed by atoms with E-state index in [9.17, 15) is 9.59 Å². The summed E-state index contributed by atoms with van der Waals surface area (Å²) in [5.41, 5.74) is 1.83. The van der Waals surface area contributed by atoms with E-state index in [-0.39, 0.29) is 17.9 Å². The molecular formula is C21H27N3O3. The molecule has 0 radical (unpaired) electrons. The van der Waals surface area contributed by atoms with Crippen LogP contribution >= 0.6 is 0 Å². The first kappa shape index (κ1) is 18.0. The van der Waals surface area contributed by atoms with Crippen molar-refractivity contribution in [2.75, 3.05) is 40.3 Å². The Balaban J connectivity index is 1.54. The summed E-state index contributed by atoms with van der Waals surface area (Å²) in [5.74, 6) is 0.916. The molecule has 2 amide bonds. The Labute approximate surface area is 159 Å². The van der Waals surface area contributed by atoms with Crippen LogP contribution in [0.3, 0.4) is 0 Å². The summed E-state index contributed by atoms with van der Waals surface area (Å²) in [6.45, 7) is 4.78. The van der Waals surface area contributed by atoms with Crippen LogP contribution in [0, 0.1) is 12.8 Å². The standard InChI is InChI=1S/C21H27N3O3/c1-14-5-4-6-16-9-18(27-20(14)16)21(26)24-11-15-7-8-17(24)12-23(10-15)13-19(25)22(2)3/h4-6,9,15,17H,7-8,10-13H2,1-3H3/t15-,17+/m0/s1. The van der Waals surface area contributed by atoms with Gasteiger partial charge in [-0.05, 0) is 37.3 Å². The number of rotatable bonds is 3. The van der Waals surface area contributed by atoms with Crippen molar-refractivity contribution in [3.05, 3.63) is 35.6 Å². The van der Waals surface area contributed by atoms with Gasteiger partial charge in [0.1, 0.15) is 5.58 Å². The van der Waals surface area contributed by atoms with Crippen LogP contribution in [0.5, 0.6) is 0 Å². The van der Waals surface area contributed by atoms with Crippen LogP contribution in [0.25, 0.3) is 11.0 Å². The third-order valence-corrected chi connectivity index (χ3v) is 5.86. The van der Waals surface area contributed by atoms with Crippen molar-refractivity contribution < 1.29 is 14.0 Å². The number of piperidine rings is 1. The Morgan fingerprint density at radius 2 is 2.00 bits per heavy atom. The summed E-state index contributed by atoms with van der Waals surface area (Å²) in [6.07, 6.45) is 2.10. The largest absolute Gasteiger partial charge is 0.451 e. The minimum absolute atomic E-state index is 0.0268. The van der Waals surface area contributed by atoms with E-state index in [2.05, 4.69) is 4.90 Å². The number of furan rings is 1. The molecule has 2 bridgehead atoms. The van der Waals surface area contributed by atoms with E-state index >= 15 is 0 Å². The predicted molar refractivity (Wildman–Crippen MR) is 104 cm³/mol. The molecule has 0 N–H and O–H groups in total. The molecule has 1 aromatic carbocycles. The van der Waals surface area contributed by atoms with Gasteiger partial charge in [-0.3, -0.25) is 14.5 Å². The number of carbonyl (C=O) groups excluding carboxylic acids is 2. The summed E-state index contributed by atoms with van der Waals surface area (Å²) in [5, 5.41) is 0.969. The Morgan fingerprint density at radius 1 is 1.19 bits per heavy atom. The van der Waals surface area contributed by atoms with E-state index in [4.69, 9.17) is 4.42 Å². The fourth-order valence-corrected chi connectivity index (χ4v) is 4.35. The minimum atomic E-state index is -0.0268. The molecule has 2 aromatic rings. The molecular weight excluding hydrogens is 342 g/mol. The summed E-state index contributed by atoms with van der Waals surface area (Å²) >= 11 is 0. The highest BCUT2D eigenvalue weighted by atomic mass is 16.3. The molecule has 6 nitrogen and oxygen atoms in total. The zero-order chi connectivity index (χ0) is 19.1. The van der Waals surface area contributed by atoms with E-state index < -0.39 is 0 Å². The molecule has 0 aliphatic carbocycles. The van der Waals surface area contributed by atoms with Gasteiger partial charge in [-0.1, -0.05) is 18.2 Å². The van der Waals surface area contributed by atoms with E-state index in [1.807, 2.05) is 36.1 Å². The van der Waals surface area contributed by atoms with Crippen LogP contribution < -0.4 is 0 Å². The maximum Gasteiger partial charge on any atom is 0.289 e. The summed E-state index contributed by atoms with van der Waals surface area (Å²) < 4.78 is 5.92. The Morgan fingerprint density at radius 3 is 2.74 bits per heavy atom. The number of fused-ring (bicyclic) bond motifs is 5. The number of hydrogen-bond acceptors (Lipinski definition) is 4. The number of likely N-dealkylation sites (N-methyl/N-ethyl adjacent to an activating group) is 1. The van der Waals surface area contributed by atoms with Crippen molar-refractivity contribution in [1.29, 1.82) is 0 Å². The number of carbonyl (C=O) groups is 2. The Kier molecular flexibility index (Phi) is 4.68. The second kappa shape index (κ2) is 7.00. The fourth-order valence-electron chi connectivity index (χ4n) is 4.35. The molecule has 0 saturated carbocycles. The molecule has 4 heterocycles. The number of amides is 2. The summed E-state index contributed by atoms with van der Waals surface area (Å²) in [7, 11) is 3.57. The number of nitrogens with zero attached hydrogens (tertiary/aromatic N) is 3. The molecule has 0 spiro atoms. The topological polar surface area (TPSA) is 57.0 Å². The zero-order valence-electron chi connectivity index (χ0n) is 16.3. The van der Waals surface area contributed by atoms with Gasteiger partial charge in [-0.15, -0.1) is 0 Å². The van der Waals surface area contributed by atoms with Gasteiger partial charge in [0.15, 0.2) is 5.76 Å². The first-order valence-electron chi connectivity index (χ1n) is 9.65. The van der Waals surface area contributed by atoms with Gasteiger partial charge in [0.2, 0.25) is 5.91 Å². The van der Waals surface area contributed by atoms with E-state index in [1.165, 1.54) is 0 Å². The van der Waals surface area contributed by atoms with Crippen molar-refractivity contribution in [2.45, 2.75) is 25.8 Å². The van der Waals surface area contributed by atoms with Crippen molar-refractivity contribution in [3.8, 4) is 0 Å². The lowest BCUT2D eigenvalue weighted by Crippen LogP contribution is -2.47. The summed E-state index contributed by atoms with van der Waals surface area (Å²) in [6, 6.07) is 7.95. The predicted octanol–water partition coefficient (Wildman–Crippen LogP) is 2.37. The van der Waals surface area contributed by atoms with Gasteiger partial charge < -0.3 is 14.2 Å². The molecule has 3 saturated heterocycles. The van der Waals surface area contributed by atoms with Crippen LogP contribution in [0.15, 0.2) is 28.7 Å². The average Bonchev–Trinajstić information content (AvgIpc) is 2.89. The molecule has 3 fully saturated rings. The quantitative estimate of drug-likeness (QED) is 0.833. The number of benzene rings is 1. The first-order chi connectivity index (χ1) is 12.9. The van der Waals surface area contributed by atoms with Crippen molar-refractivity contribution >= 4 is 22.8 Å². The van der Waals surface area contributed by atoms with E-state index in [0.29, 0.717) is 18.2 Å². The highest BCUT2D eigenvalue weighted by Gasteiger charge is 2.38. The van der Waals surface area contributed by atoms with Crippen LogP contribution in [0.4, 0.5) is 0 Å². The molecule has 3 aliphatic rings. The lowest BCUT2D eigenvalue weighted by Gasteiger charge is -2.35. The third-order valence-electron chi connectivity index (χ3n) is 5.86. The fraction of sp³-hybridized carbons (Fsp3) is 0.524. The van der Waals surface area contributed by atoms with E-state index in [0.717, 1.165) is 49.0 Å². The van der Waals surface area contributed by atoms with Crippen molar-refractivity contribution in [2.24, 2.45) is 5.92 Å². The average molecular weight is 369 g/mol. The third kappa shape index (κ3) is 3.46. The molecule has 2 atom stereocenters. The molecule has 144 valence electrons. The monoisotopic (exact) mass is 369 g/mol. The zero-order valence-corrected chi connectivity index (χ0v) is 16.3. The summed E-state index contributed by atoms with van der Waals surface area (Å²) in [4.78, 5) is 31.1. The SMILES string of the molecule is Cc1cccc2cc(C(=O)N3C[C@H]4CC[C@@H]3CN(CC(=O)N(C)C)C4)oc12. The molecule has 27 heavy (non-hydrogen) atoms. The van der Waals surface area contributed by atoms with Crippen LogP contribution in [0.1, 0.15) is 29.0 Å². The highest BCUT2D eigenvalue weighted by molar-refractivity contribution is 5.97. The van der Waals surface area contributed by atoms with Crippen molar-refractivity contribution in [3.63, 3.8) is 0 Å². The molecule has 1 aromatic heterocycles. The van der Waals surface area contributed by atoms with Gasteiger partial charge in [-0.2, -0.15) is 0 Å². The Bertz CT molecular complexity index is 873. The van der Waals surface area contributed by atoms with Gasteiger partial charge in [-0.25, -0.2) is 0 Å². The smallest absolute Gasteiger partial charge is 0.289 e. The molecule has 6 heteroatoms. The van der Waals surface area contributed by atoms with Crippen LogP contribution in [-0.4, -0.2) is 72.8 Å². The second-order valence-corrected chi connectivity index (χ2v) is 8.14. The molecule has 0 unspecified atom stereocenters. The van der Waals surface area contributed by atoms with Crippen LogP contribution in [0.2, 0.25) is 0 Å². The van der Waals surface area contributed by atoms with E-state index in [1.54, 1.807) is 19.0 Å². The van der Waals surface area contributed by atoms with Gasteiger partial charge in [0.05, 0.1) is 6.54 Å². The highest BCUT2D eigenvalue weighted by Crippen LogP contribution is 2.31. The number of aryl methyl sites for hydroxylation is 1. The lowest BCUT2D eigenvalue weighted by molar-refractivity contribution is -0.129.